The van der Waals surface area contributed by atoms with E-state index in [0.29, 0.717) is 6.04 Å². The van der Waals surface area contributed by atoms with Gasteiger partial charge in [0.1, 0.15) is 0 Å². The van der Waals surface area contributed by atoms with Gasteiger partial charge in [-0.25, -0.2) is 4.98 Å². The lowest BCUT2D eigenvalue weighted by atomic mass is 9.99. The van der Waals surface area contributed by atoms with Crippen LogP contribution in [0.1, 0.15) is 22.7 Å². The highest BCUT2D eigenvalue weighted by Crippen LogP contribution is 2.28. The molecule has 2 saturated heterocycles. The molecule has 1 aromatic heterocycles. The number of nitrogens with one attached hydrogen (secondary N) is 1. The summed E-state index contributed by atoms with van der Waals surface area (Å²) in [7, 11) is 1.73. The molecule has 3 heterocycles. The second-order valence-corrected chi connectivity index (χ2v) is 7.57. The lowest BCUT2D eigenvalue weighted by Crippen LogP contribution is -2.45. The number of methoxy groups -OCH3 is 1. The van der Waals surface area contributed by atoms with E-state index in [1.54, 1.807) is 7.11 Å². The molecule has 1 aromatic carbocycles. The standard InChI is InChI=1S/C22H30N4O2/c1-17-5-3-4-6-19(17)20-16-25(8-7-23-20)15-18-13-21(27-2)22(24-14-18)26-9-11-28-12-10-26/h3-6,13-14,20,23H,7-12,15-16H2,1-2H3/t20-/m0/s1. The smallest absolute Gasteiger partial charge is 0.171 e. The molecule has 28 heavy (non-hydrogen) atoms. The molecule has 2 fully saturated rings. The van der Waals surface area contributed by atoms with Crippen LogP contribution in [0.25, 0.3) is 0 Å². The summed E-state index contributed by atoms with van der Waals surface area (Å²) in [6, 6.07) is 11.2. The number of aryl methyl sites for hydroxylation is 1. The van der Waals surface area contributed by atoms with Crippen molar-refractivity contribution in [3.8, 4) is 5.75 Å². The van der Waals surface area contributed by atoms with Crippen molar-refractivity contribution in [1.29, 1.82) is 0 Å². The van der Waals surface area contributed by atoms with E-state index < -0.39 is 0 Å². The van der Waals surface area contributed by atoms with Crippen LogP contribution in [0.5, 0.6) is 5.75 Å². The Morgan fingerprint density at radius 3 is 2.82 bits per heavy atom. The molecule has 0 aliphatic carbocycles. The third-order valence-electron chi connectivity index (χ3n) is 5.65. The summed E-state index contributed by atoms with van der Waals surface area (Å²) >= 11 is 0. The summed E-state index contributed by atoms with van der Waals surface area (Å²) in [6.45, 7) is 9.31. The van der Waals surface area contributed by atoms with Gasteiger partial charge in [0.15, 0.2) is 11.6 Å². The summed E-state index contributed by atoms with van der Waals surface area (Å²) in [5.74, 6) is 1.78. The first kappa shape index (κ1) is 19.2. The van der Waals surface area contributed by atoms with Crippen molar-refractivity contribution < 1.29 is 9.47 Å². The fourth-order valence-corrected chi connectivity index (χ4v) is 4.13. The van der Waals surface area contributed by atoms with Crippen LogP contribution in [0, 0.1) is 6.92 Å². The minimum atomic E-state index is 0.373. The van der Waals surface area contributed by atoms with Crippen molar-refractivity contribution in [1.82, 2.24) is 15.2 Å². The van der Waals surface area contributed by atoms with Gasteiger partial charge < -0.3 is 19.7 Å². The zero-order valence-corrected chi connectivity index (χ0v) is 16.9. The SMILES string of the molecule is COc1cc(CN2CCN[C@H](c3ccccc3C)C2)cnc1N1CCOCC1. The highest BCUT2D eigenvalue weighted by molar-refractivity contribution is 5.53. The molecule has 0 unspecified atom stereocenters. The van der Waals surface area contributed by atoms with E-state index in [-0.39, 0.29) is 0 Å². The van der Waals surface area contributed by atoms with Crippen molar-refractivity contribution in [3.63, 3.8) is 0 Å². The van der Waals surface area contributed by atoms with Crippen molar-refractivity contribution in [2.24, 2.45) is 0 Å². The highest BCUT2D eigenvalue weighted by Gasteiger charge is 2.23. The Morgan fingerprint density at radius 1 is 1.21 bits per heavy atom. The van der Waals surface area contributed by atoms with Gasteiger partial charge in [-0.05, 0) is 29.7 Å². The lowest BCUT2D eigenvalue weighted by molar-refractivity contribution is 0.122. The number of rotatable bonds is 5. The van der Waals surface area contributed by atoms with E-state index in [1.807, 2.05) is 6.20 Å². The van der Waals surface area contributed by atoms with Crippen LogP contribution >= 0.6 is 0 Å². The van der Waals surface area contributed by atoms with Crippen LogP contribution in [-0.4, -0.2) is 62.9 Å². The predicted octanol–water partition coefficient (Wildman–Crippen LogP) is 2.38. The van der Waals surface area contributed by atoms with Crippen molar-refractivity contribution in [2.75, 3.05) is 57.9 Å². The van der Waals surface area contributed by atoms with E-state index in [2.05, 4.69) is 52.4 Å². The van der Waals surface area contributed by atoms with Gasteiger partial charge >= 0.3 is 0 Å². The summed E-state index contributed by atoms with van der Waals surface area (Å²) in [5, 5.41) is 3.67. The number of morpholine rings is 1. The lowest BCUT2D eigenvalue weighted by Gasteiger charge is -2.35. The van der Waals surface area contributed by atoms with Gasteiger partial charge in [0.25, 0.3) is 0 Å². The molecule has 1 atom stereocenters. The van der Waals surface area contributed by atoms with Gasteiger partial charge in [-0.15, -0.1) is 0 Å². The van der Waals surface area contributed by atoms with Crippen molar-refractivity contribution >= 4 is 5.82 Å². The Bertz CT molecular complexity index is 792. The number of piperazine rings is 1. The fraction of sp³-hybridized carbons (Fsp3) is 0.500. The first-order valence-electron chi connectivity index (χ1n) is 10.1. The molecule has 0 amide bonds. The Kier molecular flexibility index (Phi) is 6.10. The second kappa shape index (κ2) is 8.90. The number of hydrogen-bond donors (Lipinski definition) is 1. The van der Waals surface area contributed by atoms with Crippen LogP contribution in [-0.2, 0) is 11.3 Å². The fourth-order valence-electron chi connectivity index (χ4n) is 4.13. The third-order valence-corrected chi connectivity index (χ3v) is 5.65. The minimum absolute atomic E-state index is 0.373. The summed E-state index contributed by atoms with van der Waals surface area (Å²) in [4.78, 5) is 9.47. The Morgan fingerprint density at radius 2 is 2.04 bits per heavy atom. The minimum Gasteiger partial charge on any atom is -0.493 e. The quantitative estimate of drug-likeness (QED) is 0.857. The van der Waals surface area contributed by atoms with E-state index in [0.717, 1.165) is 64.0 Å². The molecule has 6 heteroatoms. The first-order chi connectivity index (χ1) is 13.7. The molecule has 6 nitrogen and oxygen atoms in total. The van der Waals surface area contributed by atoms with Crippen LogP contribution in [0.15, 0.2) is 36.5 Å². The number of pyridine rings is 1. The molecular formula is C22H30N4O2. The van der Waals surface area contributed by atoms with Gasteiger partial charge in [0.2, 0.25) is 0 Å². The average Bonchev–Trinajstić information content (AvgIpc) is 2.75. The molecule has 0 bridgehead atoms. The number of aromatic nitrogens is 1. The first-order valence-corrected chi connectivity index (χ1v) is 10.1. The van der Waals surface area contributed by atoms with Gasteiger partial charge in [-0.3, -0.25) is 4.90 Å². The molecule has 150 valence electrons. The van der Waals surface area contributed by atoms with E-state index in [4.69, 9.17) is 14.5 Å². The van der Waals surface area contributed by atoms with Gasteiger partial charge in [-0.1, -0.05) is 24.3 Å². The molecule has 0 saturated carbocycles. The van der Waals surface area contributed by atoms with Crippen LogP contribution in [0.3, 0.4) is 0 Å². The van der Waals surface area contributed by atoms with Crippen LogP contribution in [0.4, 0.5) is 5.82 Å². The zero-order chi connectivity index (χ0) is 19.3. The predicted molar refractivity (Wildman–Crippen MR) is 111 cm³/mol. The maximum Gasteiger partial charge on any atom is 0.171 e. The second-order valence-electron chi connectivity index (χ2n) is 7.57. The van der Waals surface area contributed by atoms with Crippen LogP contribution < -0.4 is 15.0 Å². The highest BCUT2D eigenvalue weighted by atomic mass is 16.5. The molecule has 4 rings (SSSR count). The molecule has 0 radical (unpaired) electrons. The maximum absolute atomic E-state index is 5.66. The number of anilines is 1. The third kappa shape index (κ3) is 4.29. The average molecular weight is 383 g/mol. The summed E-state index contributed by atoms with van der Waals surface area (Å²) in [5.41, 5.74) is 3.94. The number of ether oxygens (including phenoxy) is 2. The topological polar surface area (TPSA) is 49.9 Å². The number of benzene rings is 1. The van der Waals surface area contributed by atoms with Gasteiger partial charge in [0.05, 0.1) is 20.3 Å². The summed E-state index contributed by atoms with van der Waals surface area (Å²) in [6.07, 6.45) is 2.00. The largest absolute Gasteiger partial charge is 0.493 e. The Hall–Kier alpha value is -2.15. The van der Waals surface area contributed by atoms with E-state index in [1.165, 1.54) is 16.7 Å². The normalized spacial score (nSPS) is 20.9. The van der Waals surface area contributed by atoms with Gasteiger partial charge in [-0.2, -0.15) is 0 Å². The molecule has 2 aliphatic rings. The Balaban J connectivity index is 1.45. The van der Waals surface area contributed by atoms with Crippen molar-refractivity contribution in [2.45, 2.75) is 19.5 Å². The molecule has 2 aromatic rings. The van der Waals surface area contributed by atoms with E-state index in [9.17, 15) is 0 Å². The molecule has 0 spiro atoms. The number of hydrogen-bond acceptors (Lipinski definition) is 6. The summed E-state index contributed by atoms with van der Waals surface area (Å²) < 4.78 is 11.1. The maximum atomic E-state index is 5.66. The monoisotopic (exact) mass is 382 g/mol. The Labute approximate surface area is 167 Å². The van der Waals surface area contributed by atoms with Gasteiger partial charge in [0, 0.05) is 51.5 Å². The van der Waals surface area contributed by atoms with E-state index >= 15 is 0 Å². The number of nitrogens with zero attached hydrogens (tertiary/aromatic N) is 3. The molecule has 1 N–H and O–H groups in total. The molecule has 2 aliphatic heterocycles. The van der Waals surface area contributed by atoms with Crippen molar-refractivity contribution in [3.05, 3.63) is 53.2 Å². The van der Waals surface area contributed by atoms with Crippen LogP contribution in [0.2, 0.25) is 0 Å². The molecular weight excluding hydrogens is 352 g/mol. The zero-order valence-electron chi connectivity index (χ0n) is 16.9.